The van der Waals surface area contributed by atoms with Gasteiger partial charge in [-0.15, -0.1) is 0 Å². The zero-order valence-corrected chi connectivity index (χ0v) is 13.9. The van der Waals surface area contributed by atoms with Gasteiger partial charge in [-0.3, -0.25) is 0 Å². The van der Waals surface area contributed by atoms with Crippen LogP contribution in [0, 0.1) is 0 Å². The molecule has 132 valence electrons. The van der Waals surface area contributed by atoms with E-state index in [0.717, 1.165) is 6.42 Å². The van der Waals surface area contributed by atoms with Crippen LogP contribution in [0.2, 0.25) is 0 Å². The van der Waals surface area contributed by atoms with Gasteiger partial charge in [0.2, 0.25) is 0 Å². The number of ether oxygens (including phenoxy) is 2. The predicted molar refractivity (Wildman–Crippen MR) is 96.1 cm³/mol. The van der Waals surface area contributed by atoms with E-state index in [0.29, 0.717) is 48.6 Å². The summed E-state index contributed by atoms with van der Waals surface area (Å²) >= 11 is 0. The zero-order valence-electron chi connectivity index (χ0n) is 13.9. The SMILES string of the molecule is Nc1ccc(C(=O)OCCCCCOC(=O)c2ccc(N)cc2)cc1. The fourth-order valence-electron chi connectivity index (χ4n) is 2.12. The molecule has 0 aliphatic carbocycles. The monoisotopic (exact) mass is 342 g/mol. The molecule has 0 unspecified atom stereocenters. The van der Waals surface area contributed by atoms with Crippen LogP contribution in [0.1, 0.15) is 40.0 Å². The molecule has 0 fully saturated rings. The van der Waals surface area contributed by atoms with Gasteiger partial charge in [-0.05, 0) is 67.8 Å². The molecule has 2 aromatic rings. The Bertz CT molecular complexity index is 635. The van der Waals surface area contributed by atoms with Crippen LogP contribution in [0.5, 0.6) is 0 Å². The minimum Gasteiger partial charge on any atom is -0.462 e. The number of hydrogen-bond acceptors (Lipinski definition) is 6. The van der Waals surface area contributed by atoms with Crippen LogP contribution in [0.4, 0.5) is 11.4 Å². The summed E-state index contributed by atoms with van der Waals surface area (Å²) in [6.07, 6.45) is 2.21. The molecule has 0 saturated carbocycles. The Morgan fingerprint density at radius 2 is 1.00 bits per heavy atom. The van der Waals surface area contributed by atoms with Gasteiger partial charge in [0.15, 0.2) is 0 Å². The van der Waals surface area contributed by atoms with Crippen molar-refractivity contribution < 1.29 is 19.1 Å². The second-order valence-electron chi connectivity index (χ2n) is 5.58. The number of nitrogens with two attached hydrogens (primary N) is 2. The highest BCUT2D eigenvalue weighted by Gasteiger charge is 2.07. The average Bonchev–Trinajstić information content (AvgIpc) is 2.61. The van der Waals surface area contributed by atoms with Crippen LogP contribution in [-0.4, -0.2) is 25.2 Å². The van der Waals surface area contributed by atoms with Crippen molar-refractivity contribution in [3.63, 3.8) is 0 Å². The average molecular weight is 342 g/mol. The molecule has 0 heterocycles. The van der Waals surface area contributed by atoms with E-state index in [1.54, 1.807) is 48.5 Å². The highest BCUT2D eigenvalue weighted by Crippen LogP contribution is 2.09. The lowest BCUT2D eigenvalue weighted by Crippen LogP contribution is -2.08. The van der Waals surface area contributed by atoms with Crippen molar-refractivity contribution in [1.82, 2.24) is 0 Å². The molecule has 0 bridgehead atoms. The van der Waals surface area contributed by atoms with Gasteiger partial charge in [0.25, 0.3) is 0 Å². The van der Waals surface area contributed by atoms with Crippen LogP contribution >= 0.6 is 0 Å². The lowest BCUT2D eigenvalue weighted by Gasteiger charge is -2.06. The van der Waals surface area contributed by atoms with E-state index in [4.69, 9.17) is 20.9 Å². The summed E-state index contributed by atoms with van der Waals surface area (Å²) in [5, 5.41) is 0. The molecule has 4 N–H and O–H groups in total. The van der Waals surface area contributed by atoms with Gasteiger partial charge in [-0.2, -0.15) is 0 Å². The molecule has 0 radical (unpaired) electrons. The summed E-state index contributed by atoms with van der Waals surface area (Å²) in [6.45, 7) is 0.657. The van der Waals surface area contributed by atoms with E-state index < -0.39 is 0 Å². The van der Waals surface area contributed by atoms with Crippen molar-refractivity contribution in [2.75, 3.05) is 24.7 Å². The first kappa shape index (κ1) is 18.3. The number of benzene rings is 2. The molecular formula is C19H22N2O4. The first-order valence-corrected chi connectivity index (χ1v) is 8.11. The first-order valence-electron chi connectivity index (χ1n) is 8.11. The number of carbonyl (C=O) groups excluding carboxylic acids is 2. The standard InChI is InChI=1S/C19H22N2O4/c20-16-8-4-14(5-9-16)18(22)24-12-2-1-3-13-25-19(23)15-6-10-17(21)11-7-15/h4-11H,1-3,12-13,20-21H2. The van der Waals surface area contributed by atoms with Crippen molar-refractivity contribution in [2.24, 2.45) is 0 Å². The molecule has 0 aromatic heterocycles. The zero-order chi connectivity index (χ0) is 18.1. The Morgan fingerprint density at radius 3 is 1.36 bits per heavy atom. The second-order valence-corrected chi connectivity index (χ2v) is 5.58. The number of hydrogen-bond donors (Lipinski definition) is 2. The van der Waals surface area contributed by atoms with Gasteiger partial charge < -0.3 is 20.9 Å². The smallest absolute Gasteiger partial charge is 0.338 e. The Labute approximate surface area is 146 Å². The molecule has 0 aliphatic rings. The largest absolute Gasteiger partial charge is 0.462 e. The van der Waals surface area contributed by atoms with Crippen LogP contribution in [0.3, 0.4) is 0 Å². The molecule has 0 spiro atoms. The minimum atomic E-state index is -0.366. The maximum absolute atomic E-state index is 11.8. The molecule has 2 aromatic carbocycles. The molecule has 0 saturated heterocycles. The van der Waals surface area contributed by atoms with Crippen LogP contribution < -0.4 is 11.5 Å². The van der Waals surface area contributed by atoms with Gasteiger partial charge in [0, 0.05) is 11.4 Å². The van der Waals surface area contributed by atoms with Gasteiger partial charge in [0.05, 0.1) is 24.3 Å². The third-order valence-electron chi connectivity index (χ3n) is 3.55. The maximum atomic E-state index is 11.8. The van der Waals surface area contributed by atoms with Crippen LogP contribution in [0.25, 0.3) is 0 Å². The van der Waals surface area contributed by atoms with E-state index in [1.807, 2.05) is 0 Å². The number of rotatable bonds is 8. The number of carbonyl (C=O) groups is 2. The highest BCUT2D eigenvalue weighted by molar-refractivity contribution is 5.90. The van der Waals surface area contributed by atoms with E-state index >= 15 is 0 Å². The molecule has 0 amide bonds. The molecule has 0 aliphatic heterocycles. The van der Waals surface area contributed by atoms with Crippen molar-refractivity contribution in [2.45, 2.75) is 19.3 Å². The molecular weight excluding hydrogens is 320 g/mol. The Morgan fingerprint density at radius 1 is 0.640 bits per heavy atom. The Kier molecular flexibility index (Phi) is 6.83. The lowest BCUT2D eigenvalue weighted by molar-refractivity contribution is 0.0478. The first-order chi connectivity index (χ1) is 12.1. The lowest BCUT2D eigenvalue weighted by atomic mass is 10.2. The fourth-order valence-corrected chi connectivity index (χ4v) is 2.12. The van der Waals surface area contributed by atoms with Gasteiger partial charge in [0.1, 0.15) is 0 Å². The van der Waals surface area contributed by atoms with Crippen molar-refractivity contribution in [3.05, 3.63) is 59.7 Å². The normalized spacial score (nSPS) is 10.2. The van der Waals surface area contributed by atoms with Crippen molar-refractivity contribution in [3.8, 4) is 0 Å². The summed E-state index contributed by atoms with van der Waals surface area (Å²) in [5.41, 5.74) is 13.3. The third kappa shape index (κ3) is 6.18. The molecule has 6 nitrogen and oxygen atoms in total. The Balaban J connectivity index is 1.56. The third-order valence-corrected chi connectivity index (χ3v) is 3.55. The van der Waals surface area contributed by atoms with Crippen molar-refractivity contribution >= 4 is 23.3 Å². The Hall–Kier alpha value is -3.02. The summed E-state index contributed by atoms with van der Waals surface area (Å²) in [6, 6.07) is 13.2. The summed E-state index contributed by atoms with van der Waals surface area (Å²) in [7, 11) is 0. The van der Waals surface area contributed by atoms with Crippen LogP contribution in [0.15, 0.2) is 48.5 Å². The van der Waals surface area contributed by atoms with E-state index in [-0.39, 0.29) is 11.9 Å². The van der Waals surface area contributed by atoms with E-state index in [9.17, 15) is 9.59 Å². The second kappa shape index (κ2) is 9.32. The number of esters is 2. The van der Waals surface area contributed by atoms with Gasteiger partial charge in [-0.1, -0.05) is 0 Å². The number of unbranched alkanes of at least 4 members (excludes halogenated alkanes) is 2. The summed E-state index contributed by atoms with van der Waals surface area (Å²) in [4.78, 5) is 23.5. The molecule has 6 heteroatoms. The maximum Gasteiger partial charge on any atom is 0.338 e. The molecule has 2 rings (SSSR count). The molecule has 25 heavy (non-hydrogen) atoms. The number of anilines is 2. The summed E-state index contributed by atoms with van der Waals surface area (Å²) in [5.74, 6) is -0.732. The predicted octanol–water partition coefficient (Wildman–Crippen LogP) is 3.04. The highest BCUT2D eigenvalue weighted by atomic mass is 16.5. The topological polar surface area (TPSA) is 105 Å². The quantitative estimate of drug-likeness (QED) is 0.434. The summed E-state index contributed by atoms with van der Waals surface area (Å²) < 4.78 is 10.4. The minimum absolute atomic E-state index is 0.328. The van der Waals surface area contributed by atoms with Crippen LogP contribution in [-0.2, 0) is 9.47 Å². The van der Waals surface area contributed by atoms with Crippen molar-refractivity contribution in [1.29, 1.82) is 0 Å². The molecule has 0 atom stereocenters. The number of nitrogen functional groups attached to an aromatic ring is 2. The van der Waals surface area contributed by atoms with E-state index in [2.05, 4.69) is 0 Å². The van der Waals surface area contributed by atoms with E-state index in [1.165, 1.54) is 0 Å². The van der Waals surface area contributed by atoms with Gasteiger partial charge in [-0.25, -0.2) is 9.59 Å². The van der Waals surface area contributed by atoms with Gasteiger partial charge >= 0.3 is 11.9 Å². The fraction of sp³-hybridized carbons (Fsp3) is 0.263.